The Balaban J connectivity index is 0.00000133. The molecule has 6 heteroatoms. The van der Waals surface area contributed by atoms with Crippen LogP contribution < -0.4 is 5.32 Å². The number of amides is 1. The van der Waals surface area contributed by atoms with Gasteiger partial charge in [-0.2, -0.15) is 0 Å². The Kier molecular flexibility index (Phi) is 4.81. The summed E-state index contributed by atoms with van der Waals surface area (Å²) in [5, 5.41) is 6.48. The third-order valence-corrected chi connectivity index (χ3v) is 4.97. The Hall–Kier alpha value is -0.650. The molecule has 1 N–H and O–H groups in total. The second-order valence-corrected chi connectivity index (χ2v) is 6.20. The third-order valence-electron chi connectivity index (χ3n) is 3.85. The van der Waals surface area contributed by atoms with Crippen molar-refractivity contribution in [3.63, 3.8) is 0 Å². The van der Waals surface area contributed by atoms with Gasteiger partial charge in [-0.3, -0.25) is 4.79 Å². The van der Waals surface area contributed by atoms with Crippen molar-refractivity contribution in [3.05, 3.63) is 16.1 Å². The molecule has 106 valence electrons. The van der Waals surface area contributed by atoms with Gasteiger partial charge in [0.15, 0.2) is 0 Å². The van der Waals surface area contributed by atoms with Crippen LogP contribution in [-0.4, -0.2) is 42.0 Å². The largest absolute Gasteiger partial charge is 0.342 e. The van der Waals surface area contributed by atoms with Crippen molar-refractivity contribution in [2.75, 3.05) is 26.2 Å². The second kappa shape index (κ2) is 6.20. The van der Waals surface area contributed by atoms with Gasteiger partial charge in [0, 0.05) is 43.2 Å². The summed E-state index contributed by atoms with van der Waals surface area (Å²) in [6, 6.07) is 0. The van der Waals surface area contributed by atoms with Crippen LogP contribution >= 0.6 is 23.7 Å². The molecule has 1 aromatic heterocycles. The van der Waals surface area contributed by atoms with Gasteiger partial charge in [-0.05, 0) is 19.8 Å². The van der Waals surface area contributed by atoms with Crippen LogP contribution in [-0.2, 0) is 4.79 Å². The number of likely N-dealkylation sites (tertiary alicyclic amines) is 1. The first-order valence-electron chi connectivity index (χ1n) is 6.65. The molecule has 1 unspecified atom stereocenters. The molecule has 2 aliphatic rings. The lowest BCUT2D eigenvalue weighted by atomic mass is 9.95. The minimum Gasteiger partial charge on any atom is -0.342 e. The standard InChI is InChI=1S/C13H19N3OS.ClH/c1-9-8-18-12(15-9)10-3-2-4-16(7-10)13(17)11-5-14-6-11;/h8,10-11,14H,2-7H2,1H3;1H. The highest BCUT2D eigenvalue weighted by atomic mass is 35.5. The fourth-order valence-electron chi connectivity index (χ4n) is 2.66. The van der Waals surface area contributed by atoms with E-state index in [0.29, 0.717) is 11.8 Å². The Morgan fingerprint density at radius 3 is 2.89 bits per heavy atom. The summed E-state index contributed by atoms with van der Waals surface area (Å²) in [5.74, 6) is 1.02. The molecule has 0 saturated carbocycles. The van der Waals surface area contributed by atoms with E-state index in [9.17, 15) is 4.79 Å². The van der Waals surface area contributed by atoms with Crippen LogP contribution in [0.1, 0.15) is 29.5 Å². The molecule has 4 nitrogen and oxygen atoms in total. The Morgan fingerprint density at radius 1 is 1.53 bits per heavy atom. The normalized spacial score (nSPS) is 23.6. The van der Waals surface area contributed by atoms with Crippen LogP contribution in [0.2, 0.25) is 0 Å². The molecule has 2 saturated heterocycles. The summed E-state index contributed by atoms with van der Waals surface area (Å²) in [5.41, 5.74) is 1.10. The van der Waals surface area contributed by atoms with E-state index in [2.05, 4.69) is 20.6 Å². The summed E-state index contributed by atoms with van der Waals surface area (Å²) in [6.07, 6.45) is 2.27. The van der Waals surface area contributed by atoms with Crippen molar-refractivity contribution in [1.82, 2.24) is 15.2 Å². The van der Waals surface area contributed by atoms with Crippen molar-refractivity contribution in [2.45, 2.75) is 25.7 Å². The van der Waals surface area contributed by atoms with Crippen LogP contribution in [0.3, 0.4) is 0 Å². The summed E-state index contributed by atoms with van der Waals surface area (Å²) in [4.78, 5) is 18.9. The minimum absolute atomic E-state index is 0. The molecule has 2 fully saturated rings. The van der Waals surface area contributed by atoms with Gasteiger partial charge in [0.1, 0.15) is 0 Å². The summed E-state index contributed by atoms with van der Waals surface area (Å²) >= 11 is 1.74. The quantitative estimate of drug-likeness (QED) is 0.906. The van der Waals surface area contributed by atoms with Crippen LogP contribution in [0.25, 0.3) is 0 Å². The summed E-state index contributed by atoms with van der Waals surface area (Å²) < 4.78 is 0. The summed E-state index contributed by atoms with van der Waals surface area (Å²) in [7, 11) is 0. The van der Waals surface area contributed by atoms with E-state index in [-0.39, 0.29) is 18.3 Å². The monoisotopic (exact) mass is 301 g/mol. The first-order valence-corrected chi connectivity index (χ1v) is 7.53. The van der Waals surface area contributed by atoms with E-state index < -0.39 is 0 Å². The van der Waals surface area contributed by atoms with E-state index in [1.165, 1.54) is 11.4 Å². The van der Waals surface area contributed by atoms with Gasteiger partial charge in [-0.1, -0.05) is 0 Å². The first-order chi connectivity index (χ1) is 8.74. The van der Waals surface area contributed by atoms with E-state index in [1.54, 1.807) is 11.3 Å². The highest BCUT2D eigenvalue weighted by Gasteiger charge is 2.33. The van der Waals surface area contributed by atoms with Gasteiger partial charge in [-0.25, -0.2) is 4.98 Å². The maximum atomic E-state index is 12.2. The van der Waals surface area contributed by atoms with E-state index in [4.69, 9.17) is 0 Å². The van der Waals surface area contributed by atoms with Gasteiger partial charge in [0.2, 0.25) is 5.91 Å². The molecule has 0 radical (unpaired) electrons. The number of carbonyl (C=O) groups excluding carboxylic acids is 1. The minimum atomic E-state index is 0. The molecule has 3 heterocycles. The highest BCUT2D eigenvalue weighted by Crippen LogP contribution is 2.30. The lowest BCUT2D eigenvalue weighted by Gasteiger charge is -2.37. The molecule has 0 spiro atoms. The molecule has 1 amide bonds. The smallest absolute Gasteiger partial charge is 0.228 e. The molecule has 19 heavy (non-hydrogen) atoms. The molecule has 3 rings (SSSR count). The lowest BCUT2D eigenvalue weighted by molar-refractivity contribution is -0.138. The first kappa shape index (κ1) is 14.8. The number of rotatable bonds is 2. The number of nitrogens with zero attached hydrogens (tertiary/aromatic N) is 2. The van der Waals surface area contributed by atoms with Gasteiger partial charge >= 0.3 is 0 Å². The molecule has 0 bridgehead atoms. The van der Waals surface area contributed by atoms with Crippen molar-refractivity contribution in [1.29, 1.82) is 0 Å². The predicted octanol–water partition coefficient (Wildman–Crippen LogP) is 1.80. The Morgan fingerprint density at radius 2 is 2.32 bits per heavy atom. The number of thiazole rings is 1. The van der Waals surface area contributed by atoms with Crippen molar-refractivity contribution < 1.29 is 4.79 Å². The maximum absolute atomic E-state index is 12.2. The zero-order chi connectivity index (χ0) is 12.5. The van der Waals surface area contributed by atoms with E-state index >= 15 is 0 Å². The average Bonchev–Trinajstić information content (AvgIpc) is 2.74. The molecular formula is C13H20ClN3OS. The van der Waals surface area contributed by atoms with Gasteiger partial charge in [0.05, 0.1) is 10.9 Å². The van der Waals surface area contributed by atoms with Gasteiger partial charge < -0.3 is 10.2 Å². The van der Waals surface area contributed by atoms with Crippen LogP contribution in [0.4, 0.5) is 0 Å². The maximum Gasteiger partial charge on any atom is 0.228 e. The van der Waals surface area contributed by atoms with E-state index in [0.717, 1.165) is 38.3 Å². The number of halogens is 1. The Labute approximate surface area is 124 Å². The molecule has 1 aromatic rings. The molecular weight excluding hydrogens is 282 g/mol. The number of piperidine rings is 1. The highest BCUT2D eigenvalue weighted by molar-refractivity contribution is 7.09. The number of nitrogens with one attached hydrogen (secondary N) is 1. The number of carbonyl (C=O) groups is 1. The second-order valence-electron chi connectivity index (χ2n) is 5.31. The zero-order valence-corrected chi connectivity index (χ0v) is 12.7. The number of aryl methyl sites for hydroxylation is 1. The van der Waals surface area contributed by atoms with Crippen LogP contribution in [0.15, 0.2) is 5.38 Å². The fourth-order valence-corrected chi connectivity index (χ4v) is 3.59. The van der Waals surface area contributed by atoms with E-state index in [1.807, 2.05) is 6.92 Å². The lowest BCUT2D eigenvalue weighted by Crippen LogP contribution is -2.53. The molecule has 0 aromatic carbocycles. The zero-order valence-electron chi connectivity index (χ0n) is 11.1. The van der Waals surface area contributed by atoms with Crippen LogP contribution in [0.5, 0.6) is 0 Å². The molecule has 0 aliphatic carbocycles. The van der Waals surface area contributed by atoms with Crippen molar-refractivity contribution in [3.8, 4) is 0 Å². The molecule has 2 aliphatic heterocycles. The fraction of sp³-hybridized carbons (Fsp3) is 0.692. The van der Waals surface area contributed by atoms with Crippen molar-refractivity contribution in [2.24, 2.45) is 5.92 Å². The average molecular weight is 302 g/mol. The molecule has 1 atom stereocenters. The Bertz CT molecular complexity index is 447. The number of hydrogen-bond donors (Lipinski definition) is 1. The SMILES string of the molecule is Cc1csc(C2CCCN(C(=O)C3CNC3)C2)n1.Cl. The van der Waals surface area contributed by atoms with Gasteiger partial charge in [-0.15, -0.1) is 23.7 Å². The predicted molar refractivity (Wildman–Crippen MR) is 79.0 cm³/mol. The van der Waals surface area contributed by atoms with Crippen molar-refractivity contribution >= 4 is 29.7 Å². The van der Waals surface area contributed by atoms with Gasteiger partial charge in [0.25, 0.3) is 0 Å². The number of hydrogen-bond acceptors (Lipinski definition) is 4. The third kappa shape index (κ3) is 3.09. The summed E-state index contributed by atoms with van der Waals surface area (Å²) in [6.45, 7) is 5.54. The number of aromatic nitrogens is 1. The topological polar surface area (TPSA) is 45.2 Å². The van der Waals surface area contributed by atoms with Crippen LogP contribution in [0, 0.1) is 12.8 Å².